The molecule has 0 amide bonds. The Bertz CT molecular complexity index is 632. The first-order valence-electron chi connectivity index (χ1n) is 7.69. The van der Waals surface area contributed by atoms with Crippen LogP contribution in [0.5, 0.6) is 0 Å². The fraction of sp³-hybridized carbons (Fsp3) is 0.529. The molecule has 0 spiro atoms. The molecule has 2 aromatic heterocycles. The van der Waals surface area contributed by atoms with E-state index in [0.717, 1.165) is 17.9 Å². The smallest absolute Gasteiger partial charge is 0.0724 e. The van der Waals surface area contributed by atoms with Gasteiger partial charge in [-0.25, -0.2) is 4.68 Å². The number of pyridine rings is 1. The lowest BCUT2D eigenvalue weighted by Crippen LogP contribution is -2.35. The van der Waals surface area contributed by atoms with Gasteiger partial charge in [0.25, 0.3) is 0 Å². The van der Waals surface area contributed by atoms with Crippen LogP contribution in [0, 0.1) is 6.92 Å². The Morgan fingerprint density at radius 3 is 2.76 bits per heavy atom. The molecule has 1 saturated carbocycles. The molecule has 112 valence electrons. The molecule has 1 N–H and O–H groups in total. The van der Waals surface area contributed by atoms with E-state index in [1.165, 1.54) is 24.1 Å². The van der Waals surface area contributed by atoms with Crippen LogP contribution >= 0.6 is 0 Å². The molecular weight excluding hydrogens is 260 g/mol. The second kappa shape index (κ2) is 5.26. The van der Waals surface area contributed by atoms with Crippen LogP contribution in [0.4, 0.5) is 0 Å². The predicted molar refractivity (Wildman–Crippen MR) is 84.7 cm³/mol. The summed E-state index contributed by atoms with van der Waals surface area (Å²) < 4.78 is 2.00. The molecule has 0 atom stereocenters. The molecule has 4 heteroatoms. The second-order valence-corrected chi connectivity index (χ2v) is 7.02. The van der Waals surface area contributed by atoms with Crippen LogP contribution in [-0.2, 0) is 6.54 Å². The highest BCUT2D eigenvalue weighted by Crippen LogP contribution is 2.39. The molecule has 1 fully saturated rings. The summed E-state index contributed by atoms with van der Waals surface area (Å²) in [5.74, 6) is 0.685. The van der Waals surface area contributed by atoms with E-state index in [-0.39, 0.29) is 5.54 Å². The first-order valence-corrected chi connectivity index (χ1v) is 7.69. The highest BCUT2D eigenvalue weighted by Gasteiger charge is 2.26. The summed E-state index contributed by atoms with van der Waals surface area (Å²) in [6.07, 6.45) is 6.60. The molecule has 0 radical (unpaired) electrons. The Hall–Kier alpha value is -1.68. The van der Waals surface area contributed by atoms with E-state index in [1.54, 1.807) is 0 Å². The maximum Gasteiger partial charge on any atom is 0.0724 e. The Morgan fingerprint density at radius 2 is 2.10 bits per heavy atom. The van der Waals surface area contributed by atoms with Gasteiger partial charge in [-0.3, -0.25) is 4.98 Å². The fourth-order valence-corrected chi connectivity index (χ4v) is 2.35. The van der Waals surface area contributed by atoms with E-state index >= 15 is 0 Å². The Balaban J connectivity index is 1.89. The van der Waals surface area contributed by atoms with E-state index in [0.29, 0.717) is 5.92 Å². The fourth-order valence-electron chi connectivity index (χ4n) is 2.35. The van der Waals surface area contributed by atoms with Gasteiger partial charge in [-0.1, -0.05) is 0 Å². The third-order valence-electron chi connectivity index (χ3n) is 3.76. The Morgan fingerprint density at radius 1 is 1.33 bits per heavy atom. The van der Waals surface area contributed by atoms with Crippen molar-refractivity contribution in [2.45, 2.75) is 58.5 Å². The summed E-state index contributed by atoms with van der Waals surface area (Å²) in [6, 6.07) is 4.26. The summed E-state index contributed by atoms with van der Waals surface area (Å²) in [6.45, 7) is 9.34. The zero-order valence-electron chi connectivity index (χ0n) is 13.3. The van der Waals surface area contributed by atoms with Crippen molar-refractivity contribution in [2.24, 2.45) is 0 Å². The molecule has 1 aliphatic carbocycles. The van der Waals surface area contributed by atoms with Crippen LogP contribution in [0.3, 0.4) is 0 Å². The summed E-state index contributed by atoms with van der Waals surface area (Å²) in [5, 5.41) is 8.28. The number of rotatable bonds is 4. The van der Waals surface area contributed by atoms with E-state index in [9.17, 15) is 0 Å². The van der Waals surface area contributed by atoms with Crippen molar-refractivity contribution < 1.29 is 0 Å². The third-order valence-corrected chi connectivity index (χ3v) is 3.76. The second-order valence-electron chi connectivity index (χ2n) is 7.02. The Kier molecular flexibility index (Phi) is 3.57. The molecule has 0 saturated heterocycles. The number of aryl methyl sites for hydroxylation is 1. The SMILES string of the molecule is Cc1cc(-n2ccc(C3CC3)n2)c(CNC(C)(C)C)cn1. The summed E-state index contributed by atoms with van der Waals surface area (Å²) in [4.78, 5) is 4.44. The number of hydrogen-bond donors (Lipinski definition) is 1. The number of hydrogen-bond acceptors (Lipinski definition) is 3. The molecule has 2 aromatic rings. The van der Waals surface area contributed by atoms with Crippen molar-refractivity contribution in [2.75, 3.05) is 0 Å². The average molecular weight is 284 g/mol. The largest absolute Gasteiger partial charge is 0.308 e. The molecule has 4 nitrogen and oxygen atoms in total. The van der Waals surface area contributed by atoms with Crippen molar-refractivity contribution in [3.63, 3.8) is 0 Å². The third kappa shape index (κ3) is 3.50. The minimum Gasteiger partial charge on any atom is -0.308 e. The van der Waals surface area contributed by atoms with Crippen LogP contribution < -0.4 is 5.32 Å². The van der Waals surface area contributed by atoms with Gasteiger partial charge in [-0.05, 0) is 52.7 Å². The van der Waals surface area contributed by atoms with Crippen LogP contribution in [0.15, 0.2) is 24.5 Å². The van der Waals surface area contributed by atoms with Gasteiger partial charge in [0.2, 0.25) is 0 Å². The van der Waals surface area contributed by atoms with Gasteiger partial charge in [0, 0.05) is 41.7 Å². The minimum absolute atomic E-state index is 0.0887. The topological polar surface area (TPSA) is 42.7 Å². The lowest BCUT2D eigenvalue weighted by molar-refractivity contribution is 0.423. The molecule has 21 heavy (non-hydrogen) atoms. The van der Waals surface area contributed by atoms with Gasteiger partial charge in [0.05, 0.1) is 11.4 Å². The van der Waals surface area contributed by atoms with Gasteiger partial charge < -0.3 is 5.32 Å². The average Bonchev–Trinajstić information content (AvgIpc) is 3.14. The van der Waals surface area contributed by atoms with Crippen molar-refractivity contribution in [1.29, 1.82) is 0 Å². The van der Waals surface area contributed by atoms with Gasteiger partial charge in [0.1, 0.15) is 0 Å². The molecular formula is C17H24N4. The minimum atomic E-state index is 0.0887. The van der Waals surface area contributed by atoms with Crippen molar-refractivity contribution in [3.8, 4) is 5.69 Å². The maximum absolute atomic E-state index is 4.75. The normalized spacial score (nSPS) is 15.4. The zero-order valence-corrected chi connectivity index (χ0v) is 13.3. The van der Waals surface area contributed by atoms with E-state index in [2.05, 4.69) is 49.4 Å². The van der Waals surface area contributed by atoms with Crippen molar-refractivity contribution >= 4 is 0 Å². The van der Waals surface area contributed by atoms with Gasteiger partial charge in [-0.2, -0.15) is 5.10 Å². The van der Waals surface area contributed by atoms with Crippen molar-refractivity contribution in [1.82, 2.24) is 20.1 Å². The Labute approximate surface area is 126 Å². The first kappa shape index (κ1) is 14.3. The van der Waals surface area contributed by atoms with E-state index in [4.69, 9.17) is 5.10 Å². The van der Waals surface area contributed by atoms with Gasteiger partial charge in [-0.15, -0.1) is 0 Å². The molecule has 2 heterocycles. The number of nitrogens with zero attached hydrogens (tertiary/aromatic N) is 3. The monoisotopic (exact) mass is 284 g/mol. The molecule has 0 bridgehead atoms. The van der Waals surface area contributed by atoms with Crippen LogP contribution in [0.2, 0.25) is 0 Å². The predicted octanol–water partition coefficient (Wildman–Crippen LogP) is 3.34. The van der Waals surface area contributed by atoms with Crippen LogP contribution in [-0.4, -0.2) is 20.3 Å². The highest BCUT2D eigenvalue weighted by molar-refractivity contribution is 5.40. The maximum atomic E-state index is 4.75. The van der Waals surface area contributed by atoms with E-state index < -0.39 is 0 Å². The lowest BCUT2D eigenvalue weighted by Gasteiger charge is -2.21. The van der Waals surface area contributed by atoms with Gasteiger partial charge >= 0.3 is 0 Å². The standard InChI is InChI=1S/C17H24N4/c1-12-9-16(14(10-18-12)11-19-17(2,3)4)21-8-7-15(20-21)13-5-6-13/h7-10,13,19H,5-6,11H2,1-4H3. The molecule has 1 aliphatic rings. The lowest BCUT2D eigenvalue weighted by atomic mass is 10.1. The summed E-state index contributed by atoms with van der Waals surface area (Å²) in [7, 11) is 0. The van der Waals surface area contributed by atoms with Crippen LogP contribution in [0.1, 0.15) is 56.5 Å². The highest BCUT2D eigenvalue weighted by atomic mass is 15.3. The quantitative estimate of drug-likeness (QED) is 0.936. The molecule has 3 rings (SSSR count). The van der Waals surface area contributed by atoms with E-state index in [1.807, 2.05) is 17.8 Å². The van der Waals surface area contributed by atoms with Gasteiger partial charge in [0.15, 0.2) is 0 Å². The zero-order chi connectivity index (χ0) is 15.0. The summed E-state index contributed by atoms with van der Waals surface area (Å²) in [5.41, 5.74) is 4.64. The molecule has 0 aromatic carbocycles. The summed E-state index contributed by atoms with van der Waals surface area (Å²) >= 11 is 0. The number of nitrogens with one attached hydrogen (secondary N) is 1. The van der Waals surface area contributed by atoms with Crippen molar-refractivity contribution in [3.05, 3.63) is 41.5 Å². The molecule has 0 aliphatic heterocycles. The number of aromatic nitrogens is 3. The van der Waals surface area contributed by atoms with Crippen LogP contribution in [0.25, 0.3) is 5.69 Å². The molecule has 0 unspecified atom stereocenters. The first-order chi connectivity index (χ1) is 9.92.